The van der Waals surface area contributed by atoms with Crippen molar-refractivity contribution in [1.82, 2.24) is 16.0 Å². The third-order valence-electron chi connectivity index (χ3n) is 15.2. The zero-order valence-corrected chi connectivity index (χ0v) is 47.4. The number of amides is 3. The third kappa shape index (κ3) is 16.3. The number of carbonyl (C=O) groups excluding carboxylic acids is 5. The fraction of sp³-hybridized carbons (Fsp3) is 0.696. The normalized spacial score (nSPS) is 22.9. The van der Waals surface area contributed by atoms with Gasteiger partial charge >= 0.3 is 13.2 Å². The van der Waals surface area contributed by atoms with Gasteiger partial charge in [0, 0.05) is 30.3 Å². The van der Waals surface area contributed by atoms with E-state index in [4.69, 9.17) is 30.4 Å². The topological polar surface area (TPSA) is 192 Å². The molecular formula is C56H85BClN3O11S. The van der Waals surface area contributed by atoms with Crippen molar-refractivity contribution in [3.8, 4) is 11.1 Å². The molecule has 1 saturated heterocycles. The van der Waals surface area contributed by atoms with E-state index >= 15 is 0 Å². The Labute approximate surface area is 441 Å². The Bertz CT molecular complexity index is 2330. The summed E-state index contributed by atoms with van der Waals surface area (Å²) in [6, 6.07) is 11.5. The number of ether oxygens (including phenoxy) is 2. The molecule has 2 aromatic carbocycles. The van der Waals surface area contributed by atoms with E-state index in [1.807, 2.05) is 39.8 Å². The van der Waals surface area contributed by atoms with Gasteiger partial charge in [0.1, 0.15) is 11.6 Å². The number of benzene rings is 2. The maximum Gasteiger partial charge on any atom is 0.461 e. The molecule has 1 heterocycles. The van der Waals surface area contributed by atoms with Crippen LogP contribution in [-0.2, 0) is 47.8 Å². The van der Waals surface area contributed by atoms with Gasteiger partial charge in [0.05, 0.1) is 46.0 Å². The predicted octanol–water partition coefficient (Wildman–Crippen LogP) is 10.5. The zero-order chi connectivity index (χ0) is 54.3. The molecule has 73 heavy (non-hydrogen) atoms. The number of Topliss-reactive ketones (excluding diaryl/α,β-unsaturated/α-hetero) is 2. The number of nitrogens with one attached hydrogen (secondary N) is 3. The number of unbranched alkanes of at least 4 members (excludes halogenated alkanes) is 3. The molecule has 3 aliphatic carbocycles. The van der Waals surface area contributed by atoms with Gasteiger partial charge < -0.3 is 34.7 Å². The summed E-state index contributed by atoms with van der Waals surface area (Å²) in [7, 11) is -4.59. The Balaban J connectivity index is 1.29. The highest BCUT2D eigenvalue weighted by Gasteiger charge is 2.68. The van der Waals surface area contributed by atoms with Crippen molar-refractivity contribution in [1.29, 1.82) is 0 Å². The van der Waals surface area contributed by atoms with Crippen LogP contribution >= 0.6 is 11.6 Å². The van der Waals surface area contributed by atoms with Crippen LogP contribution in [0.25, 0.3) is 11.1 Å². The van der Waals surface area contributed by atoms with Gasteiger partial charge in [-0.2, -0.15) is 0 Å². The smallest absolute Gasteiger partial charge is 0.444 e. The van der Waals surface area contributed by atoms with Crippen LogP contribution in [0, 0.1) is 29.1 Å². The largest absolute Gasteiger partial charge is 0.461 e. The Kier molecular flexibility index (Phi) is 20.5. The maximum atomic E-state index is 14.5. The number of sulfone groups is 1. The van der Waals surface area contributed by atoms with Gasteiger partial charge in [-0.25, -0.2) is 13.2 Å². The predicted molar refractivity (Wildman–Crippen MR) is 287 cm³/mol. The van der Waals surface area contributed by atoms with Gasteiger partial charge in [0.25, 0.3) is 0 Å². The number of ketones is 2. The summed E-state index contributed by atoms with van der Waals surface area (Å²) in [5, 5.41) is 9.12. The molecule has 14 nitrogen and oxygen atoms in total. The number of halogens is 1. The molecule has 6 rings (SSSR count). The minimum Gasteiger partial charge on any atom is -0.444 e. The lowest BCUT2D eigenvalue weighted by Crippen LogP contribution is -2.65. The van der Waals surface area contributed by atoms with Gasteiger partial charge in [-0.05, 0) is 146 Å². The van der Waals surface area contributed by atoms with Crippen LogP contribution in [0.3, 0.4) is 0 Å². The molecule has 3 amide bonds. The first-order valence-corrected chi connectivity index (χ1v) is 28.7. The van der Waals surface area contributed by atoms with Crippen LogP contribution < -0.4 is 16.0 Å². The van der Waals surface area contributed by atoms with Gasteiger partial charge in [0.2, 0.25) is 11.8 Å². The van der Waals surface area contributed by atoms with Crippen molar-refractivity contribution in [3.63, 3.8) is 0 Å². The summed E-state index contributed by atoms with van der Waals surface area (Å²) in [4.78, 5) is 69.4. The molecule has 4 aliphatic rings. The van der Waals surface area contributed by atoms with Crippen molar-refractivity contribution in [2.75, 3.05) is 12.3 Å². The summed E-state index contributed by atoms with van der Waals surface area (Å²) < 4.78 is 53.0. The number of alkyl carbamates (subject to hydrolysis) is 1. The fourth-order valence-corrected chi connectivity index (χ4v) is 12.7. The molecule has 2 bridgehead atoms. The highest BCUT2D eigenvalue weighted by Crippen LogP contribution is 2.66. The van der Waals surface area contributed by atoms with Crippen LogP contribution in [0.1, 0.15) is 161 Å². The van der Waals surface area contributed by atoms with Gasteiger partial charge in [-0.3, -0.25) is 19.2 Å². The number of rotatable bonds is 26. The van der Waals surface area contributed by atoms with E-state index < -0.39 is 93.2 Å². The Morgan fingerprint density at radius 1 is 0.795 bits per heavy atom. The molecule has 17 heteroatoms. The number of hydrogen-bond acceptors (Lipinski definition) is 11. The molecule has 1 aliphatic heterocycles. The highest BCUT2D eigenvalue weighted by molar-refractivity contribution is 7.91. The van der Waals surface area contributed by atoms with Gasteiger partial charge in [0.15, 0.2) is 21.4 Å². The first kappa shape index (κ1) is 60.0. The summed E-state index contributed by atoms with van der Waals surface area (Å²) in [6.45, 7) is 25.0. The van der Waals surface area contributed by atoms with Crippen LogP contribution in [0.15, 0.2) is 53.4 Å². The molecule has 0 aromatic heterocycles. The fourth-order valence-electron chi connectivity index (χ4n) is 11.0. The quantitative estimate of drug-likeness (QED) is 0.0600. The van der Waals surface area contributed by atoms with Gasteiger partial charge in [-0.1, -0.05) is 96.2 Å². The maximum absolute atomic E-state index is 14.5. The van der Waals surface area contributed by atoms with Crippen LogP contribution in [0.2, 0.25) is 10.8 Å². The number of carbonyl (C=O) groups is 5. The summed E-state index contributed by atoms with van der Waals surface area (Å²) in [6.07, 6.45) is 4.31. The second-order valence-corrected chi connectivity index (χ2v) is 26.4. The molecule has 3 saturated carbocycles. The van der Waals surface area contributed by atoms with E-state index in [0.717, 1.165) is 43.2 Å². The lowest BCUT2D eigenvalue weighted by atomic mass is 9.43. The monoisotopic (exact) mass is 1050 g/mol. The lowest BCUT2D eigenvalue weighted by Gasteiger charge is -2.64. The molecule has 0 radical (unpaired) electrons. The van der Waals surface area contributed by atoms with Crippen molar-refractivity contribution in [3.05, 3.63) is 53.6 Å². The Morgan fingerprint density at radius 3 is 2.00 bits per heavy atom. The first-order valence-electron chi connectivity index (χ1n) is 26.7. The lowest BCUT2D eigenvalue weighted by molar-refractivity contribution is -0.199. The third-order valence-corrected chi connectivity index (χ3v) is 17.3. The highest BCUT2D eigenvalue weighted by atomic mass is 35.5. The molecule has 406 valence electrons. The molecule has 4 fully saturated rings. The summed E-state index contributed by atoms with van der Waals surface area (Å²) in [5.74, 6) is -3.56. The van der Waals surface area contributed by atoms with E-state index in [1.54, 1.807) is 58.9 Å². The minimum atomic E-state index is -4.06. The van der Waals surface area contributed by atoms with Crippen LogP contribution in [0.4, 0.5) is 4.79 Å². The Hall–Kier alpha value is -3.83. The van der Waals surface area contributed by atoms with Crippen LogP contribution in [-0.4, -0.2) is 98.4 Å². The second-order valence-electron chi connectivity index (χ2n) is 24.0. The summed E-state index contributed by atoms with van der Waals surface area (Å²) in [5.41, 5.74) is -0.0208. The molecule has 0 spiro atoms. The van der Waals surface area contributed by atoms with E-state index in [2.05, 4.69) is 43.6 Å². The molecule has 0 unspecified atom stereocenters. The molecule has 2 aromatic rings. The minimum absolute atomic E-state index is 0.0148. The van der Waals surface area contributed by atoms with E-state index in [-0.39, 0.29) is 53.8 Å². The standard InChI is InChI=1S/C56H85BClN3O11S/c1-14-15-16-20-44(45(62)31-36(3)57-71-48-33-41-32-47(55(41,11)12)56(48,13)72-57)60-50(64)35(2)30-46(63)49(37(4)69-53(5,6)7)61-51(65)40(19-17-18-29-59-52(66)70-54(8,9)10)34-73(67,68)43-27-23-39(24-28-43)38-21-25-42(58)26-22-38/h21-28,35-37,40-41,44,47-49H,14-20,29-34H2,1-13H3,(H,59,66)(H,60,64)(H,61,65)/t35-,36-,37-,40-,41+,44+,47+,48-,49+,56+/m1/s1. The van der Waals surface area contributed by atoms with Gasteiger partial charge in [-0.15, -0.1) is 0 Å². The summed E-state index contributed by atoms with van der Waals surface area (Å²) >= 11 is 6.08. The first-order chi connectivity index (χ1) is 33.9. The van der Waals surface area contributed by atoms with Crippen molar-refractivity contribution >= 4 is 58.0 Å². The second kappa shape index (κ2) is 24.9. The van der Waals surface area contributed by atoms with E-state index in [9.17, 15) is 32.4 Å². The Morgan fingerprint density at radius 2 is 1.41 bits per heavy atom. The van der Waals surface area contributed by atoms with E-state index in [1.165, 1.54) is 12.1 Å². The van der Waals surface area contributed by atoms with Crippen LogP contribution in [0.5, 0.6) is 0 Å². The molecule has 10 atom stereocenters. The zero-order valence-electron chi connectivity index (χ0n) is 45.9. The average Bonchev–Trinajstić information content (AvgIpc) is 3.66. The molecular weight excluding hydrogens is 969 g/mol. The SMILES string of the molecule is CCCCC[C@H](NC(=O)[C@H](C)CC(=O)[C@@H](NC(=O)[C@H](CCCCNC(=O)OC(C)(C)C)CS(=O)(=O)c1ccc(-c2ccc(Cl)cc2)cc1)[C@@H](C)OC(C)(C)C)C(=O)C[C@@H](C)B1O[C@@H]2C[C@@H]3C[C@@H](C3(C)C)[C@]2(C)O1. The molecule has 3 N–H and O–H groups in total. The average molecular weight is 1050 g/mol. The van der Waals surface area contributed by atoms with Crippen molar-refractivity contribution in [2.45, 2.75) is 212 Å². The van der Waals surface area contributed by atoms with E-state index in [0.29, 0.717) is 36.1 Å². The van der Waals surface area contributed by atoms with Crippen molar-refractivity contribution in [2.24, 2.45) is 29.1 Å². The number of hydrogen-bond donors (Lipinski definition) is 3. The van der Waals surface area contributed by atoms with Crippen molar-refractivity contribution < 1.29 is 51.2 Å².